The van der Waals surface area contributed by atoms with Gasteiger partial charge in [0, 0.05) is 10.9 Å². The van der Waals surface area contributed by atoms with Gasteiger partial charge in [0.2, 0.25) is 0 Å². The lowest BCUT2D eigenvalue weighted by molar-refractivity contribution is 0.281. The van der Waals surface area contributed by atoms with Crippen LogP contribution in [-0.2, 0) is 6.61 Å². The third-order valence-electron chi connectivity index (χ3n) is 3.33. The molecule has 4 heteroatoms. The molecule has 0 saturated heterocycles. The maximum absolute atomic E-state index is 12.4. The number of rotatable bonds is 2. The first-order chi connectivity index (χ1) is 9.72. The second-order valence-electron chi connectivity index (χ2n) is 4.53. The van der Waals surface area contributed by atoms with Gasteiger partial charge in [0.25, 0.3) is 0 Å². The van der Waals surface area contributed by atoms with Crippen LogP contribution in [0.4, 0.5) is 0 Å². The van der Waals surface area contributed by atoms with Crippen molar-refractivity contribution in [3.05, 3.63) is 64.3 Å². The van der Waals surface area contributed by atoms with Gasteiger partial charge in [-0.2, -0.15) is 0 Å². The fourth-order valence-corrected chi connectivity index (χ4v) is 2.34. The molecule has 1 aromatic heterocycles. The molecule has 3 rings (SSSR count). The van der Waals surface area contributed by atoms with Gasteiger partial charge in [0.15, 0.2) is 5.43 Å². The molecule has 0 aliphatic carbocycles. The maximum atomic E-state index is 12.4. The summed E-state index contributed by atoms with van der Waals surface area (Å²) in [6, 6.07) is 14.0. The Morgan fingerprint density at radius 2 is 1.75 bits per heavy atom. The van der Waals surface area contributed by atoms with E-state index in [4.69, 9.17) is 0 Å². The van der Waals surface area contributed by atoms with Crippen molar-refractivity contribution in [3.63, 3.8) is 0 Å². The van der Waals surface area contributed by atoms with E-state index in [0.29, 0.717) is 22.2 Å². The van der Waals surface area contributed by atoms with Gasteiger partial charge in [0.05, 0.1) is 17.8 Å². The molecule has 2 aromatic carbocycles. The van der Waals surface area contributed by atoms with Crippen molar-refractivity contribution in [2.24, 2.45) is 0 Å². The Morgan fingerprint density at radius 1 is 1.00 bits per heavy atom. The summed E-state index contributed by atoms with van der Waals surface area (Å²) >= 11 is 0. The van der Waals surface area contributed by atoms with E-state index < -0.39 is 0 Å². The second kappa shape index (κ2) is 4.83. The number of H-pyrrole nitrogens is 1. The van der Waals surface area contributed by atoms with Crippen LogP contribution in [0.3, 0.4) is 0 Å². The van der Waals surface area contributed by atoms with Gasteiger partial charge in [-0.1, -0.05) is 36.4 Å². The summed E-state index contributed by atoms with van der Waals surface area (Å²) in [5, 5.41) is 19.8. The molecule has 4 nitrogen and oxygen atoms in total. The van der Waals surface area contributed by atoms with Crippen LogP contribution < -0.4 is 5.43 Å². The van der Waals surface area contributed by atoms with E-state index in [1.165, 1.54) is 6.07 Å². The summed E-state index contributed by atoms with van der Waals surface area (Å²) < 4.78 is 0. The Kier molecular flexibility index (Phi) is 3.00. The zero-order chi connectivity index (χ0) is 14.1. The minimum Gasteiger partial charge on any atom is -0.506 e. The topological polar surface area (TPSA) is 73.3 Å². The highest BCUT2D eigenvalue weighted by molar-refractivity contribution is 5.87. The van der Waals surface area contributed by atoms with Crippen LogP contribution in [0.5, 0.6) is 5.75 Å². The number of benzene rings is 2. The number of nitrogens with one attached hydrogen (secondary N) is 1. The van der Waals surface area contributed by atoms with E-state index in [2.05, 4.69) is 4.98 Å². The van der Waals surface area contributed by atoms with Gasteiger partial charge in [-0.05, 0) is 17.7 Å². The van der Waals surface area contributed by atoms with E-state index in [1.807, 2.05) is 30.3 Å². The second-order valence-corrected chi connectivity index (χ2v) is 4.53. The number of aliphatic hydroxyl groups excluding tert-OH is 1. The number of phenols is 1. The SMILES string of the molecule is O=c1c(CO)c(-c2ccccc2)[nH]c2c(O)cccc12. The lowest BCUT2D eigenvalue weighted by Crippen LogP contribution is -2.13. The average molecular weight is 267 g/mol. The van der Waals surface area contributed by atoms with E-state index >= 15 is 0 Å². The molecule has 1 heterocycles. The van der Waals surface area contributed by atoms with Crippen molar-refractivity contribution in [2.75, 3.05) is 0 Å². The number of hydrogen-bond acceptors (Lipinski definition) is 3. The van der Waals surface area contributed by atoms with Gasteiger partial charge in [-0.15, -0.1) is 0 Å². The standard InChI is InChI=1S/C16H13NO3/c18-9-12-14(10-5-2-1-3-6-10)17-15-11(16(12)20)7-4-8-13(15)19/h1-8,18-19H,9H2,(H,17,20). The summed E-state index contributed by atoms with van der Waals surface area (Å²) in [4.78, 5) is 15.5. The Balaban J connectivity index is 2.43. The highest BCUT2D eigenvalue weighted by atomic mass is 16.3. The van der Waals surface area contributed by atoms with Crippen LogP contribution in [-0.4, -0.2) is 15.2 Å². The van der Waals surface area contributed by atoms with Crippen molar-refractivity contribution in [3.8, 4) is 17.0 Å². The number of aromatic nitrogens is 1. The predicted octanol–water partition coefficient (Wildman–Crippen LogP) is 2.39. The number of hydrogen-bond donors (Lipinski definition) is 3. The van der Waals surface area contributed by atoms with Crippen LogP contribution in [0, 0.1) is 0 Å². The smallest absolute Gasteiger partial charge is 0.195 e. The number of aliphatic hydroxyl groups is 1. The van der Waals surface area contributed by atoms with Crippen molar-refractivity contribution in [2.45, 2.75) is 6.61 Å². The summed E-state index contributed by atoms with van der Waals surface area (Å²) in [6.07, 6.45) is 0. The molecular weight excluding hydrogens is 254 g/mol. The monoisotopic (exact) mass is 267 g/mol. The number of aromatic hydroxyl groups is 1. The highest BCUT2D eigenvalue weighted by Gasteiger charge is 2.14. The van der Waals surface area contributed by atoms with Gasteiger partial charge >= 0.3 is 0 Å². The molecule has 100 valence electrons. The zero-order valence-corrected chi connectivity index (χ0v) is 10.6. The molecule has 0 amide bonds. The van der Waals surface area contributed by atoms with E-state index in [9.17, 15) is 15.0 Å². The van der Waals surface area contributed by atoms with Crippen LogP contribution in [0.1, 0.15) is 5.56 Å². The molecule has 3 aromatic rings. The fraction of sp³-hybridized carbons (Fsp3) is 0.0625. The minimum atomic E-state index is -0.356. The van der Waals surface area contributed by atoms with Crippen LogP contribution in [0.15, 0.2) is 53.3 Å². The Morgan fingerprint density at radius 3 is 2.45 bits per heavy atom. The first-order valence-corrected chi connectivity index (χ1v) is 6.25. The molecule has 0 aliphatic heterocycles. The summed E-state index contributed by atoms with van der Waals surface area (Å²) in [6.45, 7) is -0.356. The predicted molar refractivity (Wildman–Crippen MR) is 77.6 cm³/mol. The molecule has 0 aliphatic rings. The molecule has 0 radical (unpaired) electrons. The van der Waals surface area contributed by atoms with E-state index in [0.717, 1.165) is 5.56 Å². The van der Waals surface area contributed by atoms with E-state index in [1.54, 1.807) is 12.1 Å². The molecule has 3 N–H and O–H groups in total. The first kappa shape index (κ1) is 12.4. The normalized spacial score (nSPS) is 10.8. The van der Waals surface area contributed by atoms with Crippen molar-refractivity contribution >= 4 is 10.9 Å². The van der Waals surface area contributed by atoms with Crippen LogP contribution >= 0.6 is 0 Å². The largest absolute Gasteiger partial charge is 0.506 e. The zero-order valence-electron chi connectivity index (χ0n) is 10.6. The maximum Gasteiger partial charge on any atom is 0.195 e. The number of para-hydroxylation sites is 1. The lowest BCUT2D eigenvalue weighted by Gasteiger charge is -2.10. The fourth-order valence-electron chi connectivity index (χ4n) is 2.34. The third-order valence-corrected chi connectivity index (χ3v) is 3.33. The minimum absolute atomic E-state index is 0.0151. The summed E-state index contributed by atoms with van der Waals surface area (Å²) in [5.41, 5.74) is 1.74. The Bertz CT molecular complexity index is 822. The molecule has 0 atom stereocenters. The van der Waals surface area contributed by atoms with Gasteiger partial charge in [-0.25, -0.2) is 0 Å². The van der Waals surface area contributed by atoms with Crippen molar-refractivity contribution < 1.29 is 10.2 Å². The van der Waals surface area contributed by atoms with Crippen LogP contribution in [0.2, 0.25) is 0 Å². The highest BCUT2D eigenvalue weighted by Crippen LogP contribution is 2.26. The molecule has 20 heavy (non-hydrogen) atoms. The number of pyridine rings is 1. The summed E-state index contributed by atoms with van der Waals surface area (Å²) in [7, 11) is 0. The molecule has 0 unspecified atom stereocenters. The number of fused-ring (bicyclic) bond motifs is 1. The van der Waals surface area contributed by atoms with E-state index in [-0.39, 0.29) is 17.8 Å². The Labute approximate surface area is 115 Å². The first-order valence-electron chi connectivity index (χ1n) is 6.25. The van der Waals surface area contributed by atoms with Gasteiger partial charge in [0.1, 0.15) is 5.75 Å². The van der Waals surface area contributed by atoms with Crippen molar-refractivity contribution in [1.82, 2.24) is 4.98 Å². The average Bonchev–Trinajstić information content (AvgIpc) is 2.49. The number of phenolic OH excluding ortho intramolecular Hbond substituents is 1. The van der Waals surface area contributed by atoms with Gasteiger partial charge in [-0.3, -0.25) is 4.79 Å². The Hall–Kier alpha value is -2.59. The molecule has 0 bridgehead atoms. The van der Waals surface area contributed by atoms with Crippen molar-refractivity contribution in [1.29, 1.82) is 0 Å². The van der Waals surface area contributed by atoms with Crippen LogP contribution in [0.25, 0.3) is 22.2 Å². The molecular formula is C16H13NO3. The lowest BCUT2D eigenvalue weighted by atomic mass is 10.0. The third kappa shape index (κ3) is 1.87. The quantitative estimate of drug-likeness (QED) is 0.667. The molecule has 0 saturated carbocycles. The number of aromatic amines is 1. The summed E-state index contributed by atoms with van der Waals surface area (Å²) in [5.74, 6) is 0.0151. The molecule has 0 spiro atoms. The molecule has 0 fully saturated rings. The van der Waals surface area contributed by atoms with Gasteiger partial charge < -0.3 is 15.2 Å².